The number of carbonyl (C=O) groups excluding carboxylic acids is 4. The highest BCUT2D eigenvalue weighted by Gasteiger charge is 2.37. The molecule has 0 aliphatic carbocycles. The van der Waals surface area contributed by atoms with Crippen molar-refractivity contribution in [1.29, 1.82) is 0 Å². The molecular weight excluding hydrogens is 326 g/mol. The number of barbiturate groups is 1. The van der Waals surface area contributed by atoms with Gasteiger partial charge >= 0.3 is 12.0 Å². The Labute approximate surface area is 145 Å². The predicted octanol–water partition coefficient (Wildman–Crippen LogP) is 1.60. The maximum Gasteiger partial charge on any atom is 0.338 e. The second-order valence-electron chi connectivity index (χ2n) is 5.74. The molecule has 1 saturated heterocycles. The Kier molecular flexibility index (Phi) is 5.21. The first kappa shape index (κ1) is 18.2. The molecule has 1 N–H and O–H groups in total. The summed E-state index contributed by atoms with van der Waals surface area (Å²) in [6, 6.07) is 5.69. The summed E-state index contributed by atoms with van der Waals surface area (Å²) in [5.41, 5.74) is 0.797. The number of nitrogens with one attached hydrogen (secondary N) is 1. The molecular formula is C17H19N3O5. The summed E-state index contributed by atoms with van der Waals surface area (Å²) in [6.07, 6.45) is 1.03. The maximum absolute atomic E-state index is 12.0. The number of amides is 4. The number of nitrogens with zero attached hydrogens (tertiary/aromatic N) is 2. The number of esters is 1. The summed E-state index contributed by atoms with van der Waals surface area (Å²) >= 11 is 0. The second-order valence-corrected chi connectivity index (χ2v) is 5.74. The van der Waals surface area contributed by atoms with Gasteiger partial charge in [0.25, 0.3) is 11.8 Å². The molecule has 0 aromatic heterocycles. The molecule has 2 rings (SSSR count). The molecule has 0 radical (unpaired) electrons. The van der Waals surface area contributed by atoms with E-state index in [1.165, 1.54) is 20.3 Å². The van der Waals surface area contributed by atoms with Gasteiger partial charge in [-0.1, -0.05) is 0 Å². The van der Waals surface area contributed by atoms with Crippen LogP contribution < -0.4 is 5.32 Å². The van der Waals surface area contributed by atoms with Gasteiger partial charge in [-0.2, -0.15) is 0 Å². The van der Waals surface area contributed by atoms with Gasteiger partial charge in [0, 0.05) is 26.0 Å². The van der Waals surface area contributed by atoms with Crippen LogP contribution >= 0.6 is 0 Å². The predicted molar refractivity (Wildman–Crippen MR) is 89.6 cm³/mol. The summed E-state index contributed by atoms with van der Waals surface area (Å²) in [7, 11) is 2.60. The number of carbonyl (C=O) groups is 4. The average molecular weight is 345 g/mol. The van der Waals surface area contributed by atoms with E-state index in [2.05, 4.69) is 5.32 Å². The van der Waals surface area contributed by atoms with Crippen LogP contribution in [0.4, 0.5) is 10.5 Å². The maximum atomic E-state index is 12.0. The molecule has 8 nitrogen and oxygen atoms in total. The molecule has 0 unspecified atom stereocenters. The first-order valence-corrected chi connectivity index (χ1v) is 7.60. The molecule has 0 spiro atoms. The van der Waals surface area contributed by atoms with E-state index in [-0.39, 0.29) is 11.7 Å². The Morgan fingerprint density at radius 2 is 1.56 bits per heavy atom. The van der Waals surface area contributed by atoms with Crippen LogP contribution in [0, 0.1) is 0 Å². The highest BCUT2D eigenvalue weighted by Crippen LogP contribution is 2.16. The van der Waals surface area contributed by atoms with Gasteiger partial charge < -0.3 is 10.1 Å². The van der Waals surface area contributed by atoms with Crippen LogP contribution in [-0.4, -0.2) is 53.8 Å². The topological polar surface area (TPSA) is 96.0 Å². The Hall–Kier alpha value is -3.16. The molecule has 1 aliphatic rings. The van der Waals surface area contributed by atoms with Gasteiger partial charge in [0.1, 0.15) is 5.57 Å². The minimum Gasteiger partial charge on any atom is -0.459 e. The van der Waals surface area contributed by atoms with E-state index in [0.29, 0.717) is 11.3 Å². The summed E-state index contributed by atoms with van der Waals surface area (Å²) in [5, 5.41) is 2.82. The van der Waals surface area contributed by atoms with Gasteiger partial charge in [-0.3, -0.25) is 19.4 Å². The highest BCUT2D eigenvalue weighted by molar-refractivity contribution is 6.28. The van der Waals surface area contributed by atoms with Gasteiger partial charge in [-0.15, -0.1) is 0 Å². The first-order chi connectivity index (χ1) is 11.7. The number of imide groups is 2. The van der Waals surface area contributed by atoms with Gasteiger partial charge in [-0.05, 0) is 38.1 Å². The smallest absolute Gasteiger partial charge is 0.338 e. The minimum absolute atomic E-state index is 0.159. The molecule has 0 bridgehead atoms. The number of anilines is 1. The van der Waals surface area contributed by atoms with Crippen LogP contribution in [0.1, 0.15) is 24.2 Å². The van der Waals surface area contributed by atoms with Crippen molar-refractivity contribution in [2.45, 2.75) is 20.0 Å². The van der Waals surface area contributed by atoms with Crippen molar-refractivity contribution in [3.63, 3.8) is 0 Å². The zero-order valence-corrected chi connectivity index (χ0v) is 14.4. The van der Waals surface area contributed by atoms with E-state index in [9.17, 15) is 19.2 Å². The van der Waals surface area contributed by atoms with E-state index in [0.717, 1.165) is 9.80 Å². The summed E-state index contributed by atoms with van der Waals surface area (Å²) in [6.45, 7) is 3.52. The number of rotatable bonds is 4. The average Bonchev–Trinajstić information content (AvgIpc) is 2.58. The number of urea groups is 1. The van der Waals surface area contributed by atoms with Crippen LogP contribution in [0.25, 0.3) is 0 Å². The monoisotopic (exact) mass is 345 g/mol. The largest absolute Gasteiger partial charge is 0.459 e. The zero-order chi connectivity index (χ0) is 18.7. The van der Waals surface area contributed by atoms with Crippen molar-refractivity contribution < 1.29 is 23.9 Å². The van der Waals surface area contributed by atoms with Gasteiger partial charge in [0.05, 0.1) is 11.7 Å². The molecule has 0 saturated carbocycles. The molecule has 1 fully saturated rings. The Morgan fingerprint density at radius 1 is 1.04 bits per heavy atom. The lowest BCUT2D eigenvalue weighted by atomic mass is 10.1. The lowest BCUT2D eigenvalue weighted by Gasteiger charge is -2.28. The van der Waals surface area contributed by atoms with E-state index in [4.69, 9.17) is 4.74 Å². The van der Waals surface area contributed by atoms with E-state index < -0.39 is 23.8 Å². The normalized spacial score (nSPS) is 14.9. The fourth-order valence-electron chi connectivity index (χ4n) is 2.12. The van der Waals surface area contributed by atoms with Crippen molar-refractivity contribution >= 4 is 29.5 Å². The van der Waals surface area contributed by atoms with Crippen LogP contribution in [0.3, 0.4) is 0 Å². The third-order valence-electron chi connectivity index (χ3n) is 3.49. The second kappa shape index (κ2) is 7.16. The Morgan fingerprint density at radius 3 is 2.04 bits per heavy atom. The summed E-state index contributed by atoms with van der Waals surface area (Å²) in [5.74, 6) is -1.80. The molecule has 1 aromatic carbocycles. The first-order valence-electron chi connectivity index (χ1n) is 7.60. The van der Waals surface area contributed by atoms with Crippen LogP contribution in [-0.2, 0) is 14.3 Å². The van der Waals surface area contributed by atoms with E-state index in [1.807, 2.05) is 0 Å². The standard InChI is InChI=1S/C17H19N3O5/c1-10(2)25-16(23)11-5-7-12(8-6-11)18-9-13-14(21)19(3)17(24)20(4)15(13)22/h5-10,18H,1-4H3. The van der Waals surface area contributed by atoms with Crippen molar-refractivity contribution in [1.82, 2.24) is 9.80 Å². The minimum atomic E-state index is -0.683. The molecule has 8 heteroatoms. The third-order valence-corrected chi connectivity index (χ3v) is 3.49. The molecule has 132 valence electrons. The lowest BCUT2D eigenvalue weighted by molar-refractivity contribution is -0.134. The number of hydrogen-bond donors (Lipinski definition) is 1. The SMILES string of the molecule is CC(C)OC(=O)c1ccc(NC=C2C(=O)N(C)C(=O)N(C)C2=O)cc1. The quantitative estimate of drug-likeness (QED) is 0.506. The number of hydrogen-bond acceptors (Lipinski definition) is 6. The van der Waals surface area contributed by atoms with Gasteiger partial charge in [0.15, 0.2) is 0 Å². The number of benzene rings is 1. The van der Waals surface area contributed by atoms with Crippen molar-refractivity contribution in [2.75, 3.05) is 19.4 Å². The fourth-order valence-corrected chi connectivity index (χ4v) is 2.12. The molecule has 1 aliphatic heterocycles. The van der Waals surface area contributed by atoms with E-state index >= 15 is 0 Å². The van der Waals surface area contributed by atoms with Crippen molar-refractivity contribution in [3.05, 3.63) is 41.6 Å². The number of ether oxygens (including phenoxy) is 1. The molecule has 4 amide bonds. The molecule has 25 heavy (non-hydrogen) atoms. The van der Waals surface area contributed by atoms with Gasteiger partial charge in [-0.25, -0.2) is 9.59 Å². The molecule has 0 atom stereocenters. The highest BCUT2D eigenvalue weighted by atomic mass is 16.5. The molecule has 1 heterocycles. The van der Waals surface area contributed by atoms with Crippen molar-refractivity contribution in [2.24, 2.45) is 0 Å². The summed E-state index contributed by atoms with van der Waals surface area (Å²) < 4.78 is 5.09. The lowest BCUT2D eigenvalue weighted by Crippen LogP contribution is -2.53. The fraction of sp³-hybridized carbons (Fsp3) is 0.294. The third kappa shape index (κ3) is 3.85. The zero-order valence-electron chi connectivity index (χ0n) is 14.4. The number of likely N-dealkylation sites (N-methyl/N-ethyl adjacent to an activating group) is 2. The van der Waals surface area contributed by atoms with Gasteiger partial charge in [0.2, 0.25) is 0 Å². The van der Waals surface area contributed by atoms with E-state index in [1.54, 1.807) is 38.1 Å². The van der Waals surface area contributed by atoms with Crippen LogP contribution in [0.2, 0.25) is 0 Å². The van der Waals surface area contributed by atoms with Crippen LogP contribution in [0.5, 0.6) is 0 Å². The summed E-state index contributed by atoms with van der Waals surface area (Å²) in [4.78, 5) is 49.3. The molecule has 1 aromatic rings. The Bertz CT molecular complexity index is 726. The van der Waals surface area contributed by atoms with Crippen molar-refractivity contribution in [3.8, 4) is 0 Å². The van der Waals surface area contributed by atoms with Crippen LogP contribution in [0.15, 0.2) is 36.0 Å². The Balaban J connectivity index is 2.13.